The molecule has 2 saturated heterocycles. The highest BCUT2D eigenvalue weighted by atomic mass is 35.5. The van der Waals surface area contributed by atoms with E-state index in [0.29, 0.717) is 22.9 Å². The second kappa shape index (κ2) is 7.41. The first-order chi connectivity index (χ1) is 10.7. The van der Waals surface area contributed by atoms with Crippen LogP contribution in [0.5, 0.6) is 0 Å². The van der Waals surface area contributed by atoms with E-state index in [9.17, 15) is 0 Å². The van der Waals surface area contributed by atoms with Gasteiger partial charge >= 0.3 is 0 Å². The number of halogens is 1. The van der Waals surface area contributed by atoms with E-state index in [0.717, 1.165) is 52.5 Å². The molecule has 1 aromatic rings. The number of hydrogen-bond donors (Lipinski definition) is 2. The Bertz CT molecular complexity index is 472. The van der Waals surface area contributed by atoms with Crippen molar-refractivity contribution in [3.8, 4) is 0 Å². The molecule has 2 fully saturated rings. The molecule has 7 nitrogen and oxygen atoms in total. The molecule has 2 aliphatic heterocycles. The molecule has 0 radical (unpaired) electrons. The maximum atomic E-state index is 5.92. The molecular weight excluding hydrogens is 306 g/mol. The van der Waals surface area contributed by atoms with Crippen molar-refractivity contribution in [3.63, 3.8) is 0 Å². The summed E-state index contributed by atoms with van der Waals surface area (Å²) in [7, 11) is 0. The number of ether oxygens (including phenoxy) is 2. The van der Waals surface area contributed by atoms with Crippen LogP contribution in [0.25, 0.3) is 0 Å². The standard InChI is InChI=1S/C14H22ClN5O2/c15-12-7-13(19-14(16)18-12)17-8-11(10-1-4-22-9-10)20-2-5-21-6-3-20/h7,10-11H,1-6,8-9H2,(H3,16,17,18,19). The average molecular weight is 328 g/mol. The number of hydrogen-bond acceptors (Lipinski definition) is 7. The van der Waals surface area contributed by atoms with Crippen LogP contribution < -0.4 is 11.1 Å². The summed E-state index contributed by atoms with van der Waals surface area (Å²) >= 11 is 5.92. The number of nitrogen functional groups attached to an aromatic ring is 1. The zero-order chi connectivity index (χ0) is 15.4. The molecule has 3 rings (SSSR count). The smallest absolute Gasteiger partial charge is 0.223 e. The summed E-state index contributed by atoms with van der Waals surface area (Å²) in [6.07, 6.45) is 1.09. The van der Waals surface area contributed by atoms with Gasteiger partial charge in [0.2, 0.25) is 5.95 Å². The van der Waals surface area contributed by atoms with Crippen molar-refractivity contribution >= 4 is 23.4 Å². The molecule has 2 unspecified atom stereocenters. The number of morpholine rings is 1. The second-order valence-electron chi connectivity index (χ2n) is 5.65. The van der Waals surface area contributed by atoms with Crippen LogP contribution in [-0.2, 0) is 9.47 Å². The van der Waals surface area contributed by atoms with Crippen molar-refractivity contribution in [2.75, 3.05) is 57.1 Å². The van der Waals surface area contributed by atoms with Gasteiger partial charge in [-0.1, -0.05) is 11.6 Å². The van der Waals surface area contributed by atoms with Crippen molar-refractivity contribution < 1.29 is 9.47 Å². The van der Waals surface area contributed by atoms with Crippen molar-refractivity contribution in [1.82, 2.24) is 14.9 Å². The van der Waals surface area contributed by atoms with E-state index in [1.165, 1.54) is 0 Å². The number of rotatable bonds is 5. The molecule has 122 valence electrons. The Morgan fingerprint density at radius 2 is 2.14 bits per heavy atom. The van der Waals surface area contributed by atoms with E-state index in [4.69, 9.17) is 26.8 Å². The van der Waals surface area contributed by atoms with Crippen molar-refractivity contribution in [2.45, 2.75) is 12.5 Å². The molecule has 2 atom stereocenters. The Kier molecular flexibility index (Phi) is 5.30. The van der Waals surface area contributed by atoms with Crippen LogP contribution >= 0.6 is 11.6 Å². The van der Waals surface area contributed by atoms with E-state index in [-0.39, 0.29) is 5.95 Å². The van der Waals surface area contributed by atoms with Gasteiger partial charge in [-0.05, 0) is 6.42 Å². The fraction of sp³-hybridized carbons (Fsp3) is 0.714. The van der Waals surface area contributed by atoms with Gasteiger partial charge in [0.1, 0.15) is 11.0 Å². The van der Waals surface area contributed by atoms with Gasteiger partial charge in [0.15, 0.2) is 0 Å². The van der Waals surface area contributed by atoms with Crippen LogP contribution in [0.2, 0.25) is 5.15 Å². The number of nitrogens with one attached hydrogen (secondary N) is 1. The predicted molar refractivity (Wildman–Crippen MR) is 85.1 cm³/mol. The lowest BCUT2D eigenvalue weighted by atomic mass is 9.97. The lowest BCUT2D eigenvalue weighted by Gasteiger charge is -2.37. The minimum absolute atomic E-state index is 0.183. The van der Waals surface area contributed by atoms with Gasteiger partial charge < -0.3 is 20.5 Å². The first-order valence-corrected chi connectivity index (χ1v) is 8.03. The summed E-state index contributed by atoms with van der Waals surface area (Å²) in [4.78, 5) is 10.5. The lowest BCUT2D eigenvalue weighted by Crippen LogP contribution is -2.50. The van der Waals surface area contributed by atoms with Crippen LogP contribution in [0.4, 0.5) is 11.8 Å². The van der Waals surface area contributed by atoms with Crippen LogP contribution in [0, 0.1) is 5.92 Å². The highest BCUT2D eigenvalue weighted by Gasteiger charge is 2.31. The summed E-state index contributed by atoms with van der Waals surface area (Å²) in [5, 5.41) is 3.70. The molecule has 0 aromatic carbocycles. The van der Waals surface area contributed by atoms with Gasteiger partial charge in [0.25, 0.3) is 0 Å². The highest BCUT2D eigenvalue weighted by molar-refractivity contribution is 6.29. The fourth-order valence-electron chi connectivity index (χ4n) is 3.09. The third-order valence-electron chi connectivity index (χ3n) is 4.23. The Hall–Kier alpha value is -1.15. The predicted octanol–water partition coefficient (Wildman–Crippen LogP) is 0.861. The normalized spacial score (nSPS) is 24.3. The van der Waals surface area contributed by atoms with Crippen molar-refractivity contribution in [1.29, 1.82) is 0 Å². The van der Waals surface area contributed by atoms with Crippen molar-refractivity contribution in [3.05, 3.63) is 11.2 Å². The third-order valence-corrected chi connectivity index (χ3v) is 4.42. The molecule has 2 aliphatic rings. The van der Waals surface area contributed by atoms with Crippen LogP contribution in [0.15, 0.2) is 6.07 Å². The van der Waals surface area contributed by atoms with Gasteiger partial charge in [-0.25, -0.2) is 4.98 Å². The molecule has 3 heterocycles. The van der Waals surface area contributed by atoms with Gasteiger partial charge in [-0.3, -0.25) is 4.90 Å². The summed E-state index contributed by atoms with van der Waals surface area (Å²) in [6.45, 7) is 5.92. The zero-order valence-electron chi connectivity index (χ0n) is 12.5. The van der Waals surface area contributed by atoms with Gasteiger partial charge in [0.05, 0.1) is 19.8 Å². The second-order valence-corrected chi connectivity index (χ2v) is 6.04. The van der Waals surface area contributed by atoms with E-state index in [1.807, 2.05) is 0 Å². The van der Waals surface area contributed by atoms with E-state index < -0.39 is 0 Å². The number of nitrogens with zero attached hydrogens (tertiary/aromatic N) is 3. The Balaban J connectivity index is 1.66. The Morgan fingerprint density at radius 3 is 2.82 bits per heavy atom. The average Bonchev–Trinajstić information content (AvgIpc) is 3.02. The summed E-state index contributed by atoms with van der Waals surface area (Å²) in [5.74, 6) is 1.37. The zero-order valence-corrected chi connectivity index (χ0v) is 13.3. The Morgan fingerprint density at radius 1 is 1.32 bits per heavy atom. The molecule has 1 aromatic heterocycles. The molecule has 3 N–H and O–H groups in total. The van der Waals surface area contributed by atoms with Crippen LogP contribution in [-0.4, -0.2) is 67.0 Å². The van der Waals surface area contributed by atoms with Gasteiger partial charge in [-0.15, -0.1) is 0 Å². The fourth-order valence-corrected chi connectivity index (χ4v) is 3.28. The molecule has 0 saturated carbocycles. The summed E-state index contributed by atoms with van der Waals surface area (Å²) in [5.41, 5.74) is 5.64. The van der Waals surface area contributed by atoms with E-state index in [2.05, 4.69) is 20.2 Å². The van der Waals surface area contributed by atoms with Gasteiger partial charge in [-0.2, -0.15) is 4.98 Å². The first kappa shape index (κ1) is 15.7. The molecule has 8 heteroatoms. The molecule has 22 heavy (non-hydrogen) atoms. The van der Waals surface area contributed by atoms with Crippen LogP contribution in [0.1, 0.15) is 6.42 Å². The highest BCUT2D eigenvalue weighted by Crippen LogP contribution is 2.23. The molecule has 0 amide bonds. The third kappa shape index (κ3) is 3.98. The largest absolute Gasteiger partial charge is 0.381 e. The van der Waals surface area contributed by atoms with Crippen molar-refractivity contribution in [2.24, 2.45) is 5.92 Å². The van der Waals surface area contributed by atoms with Crippen LogP contribution in [0.3, 0.4) is 0 Å². The number of anilines is 2. The lowest BCUT2D eigenvalue weighted by molar-refractivity contribution is 0.00460. The maximum absolute atomic E-state index is 5.92. The topological polar surface area (TPSA) is 85.5 Å². The SMILES string of the molecule is Nc1nc(Cl)cc(NCC(C2CCOC2)N2CCOCC2)n1. The Labute approximate surface area is 135 Å². The first-order valence-electron chi connectivity index (χ1n) is 7.66. The van der Waals surface area contributed by atoms with E-state index in [1.54, 1.807) is 6.07 Å². The molecular formula is C14H22ClN5O2. The minimum atomic E-state index is 0.183. The monoisotopic (exact) mass is 327 g/mol. The van der Waals surface area contributed by atoms with Gasteiger partial charge in [0, 0.05) is 44.3 Å². The molecule has 0 spiro atoms. The minimum Gasteiger partial charge on any atom is -0.381 e. The van der Waals surface area contributed by atoms with E-state index >= 15 is 0 Å². The number of aromatic nitrogens is 2. The summed E-state index contributed by atoms with van der Waals surface area (Å²) < 4.78 is 11.0. The maximum Gasteiger partial charge on any atom is 0.223 e. The number of nitrogens with two attached hydrogens (primary N) is 1. The molecule has 0 aliphatic carbocycles. The molecule has 0 bridgehead atoms. The summed E-state index contributed by atoms with van der Waals surface area (Å²) in [6, 6.07) is 2.08. The quantitative estimate of drug-likeness (QED) is 0.776.